The average molecular weight is 392 g/mol. The molecule has 1 atom stereocenters. The summed E-state index contributed by atoms with van der Waals surface area (Å²) in [7, 11) is 0. The van der Waals surface area contributed by atoms with Crippen LogP contribution in [0.4, 0.5) is 0 Å². The van der Waals surface area contributed by atoms with Crippen LogP contribution in [0.15, 0.2) is 24.3 Å². The Bertz CT molecular complexity index is 722. The van der Waals surface area contributed by atoms with Crippen molar-refractivity contribution in [3.05, 3.63) is 35.4 Å². The number of likely N-dealkylation sites (tertiary alicyclic amines) is 1. The normalized spacial score (nSPS) is 14.7. The lowest BCUT2D eigenvalue weighted by molar-refractivity contribution is -0.156. The molecule has 1 heterocycles. The van der Waals surface area contributed by atoms with E-state index in [4.69, 9.17) is 4.74 Å². The highest BCUT2D eigenvalue weighted by Crippen LogP contribution is 2.11. The second-order valence-corrected chi connectivity index (χ2v) is 7.31. The Morgan fingerprint density at radius 2 is 2.11 bits per heavy atom. The van der Waals surface area contributed by atoms with Crippen LogP contribution in [-0.4, -0.2) is 59.8 Å². The summed E-state index contributed by atoms with van der Waals surface area (Å²) in [6, 6.07) is 6.19. The van der Waals surface area contributed by atoms with E-state index in [0.717, 1.165) is 10.5 Å². The summed E-state index contributed by atoms with van der Waals surface area (Å²) in [6.45, 7) is 1.73. The van der Waals surface area contributed by atoms with Crippen molar-refractivity contribution in [2.75, 3.05) is 25.2 Å². The highest BCUT2D eigenvalue weighted by molar-refractivity contribution is 7.98. The Balaban J connectivity index is 1.95. The first kappa shape index (κ1) is 21.0. The molecule has 1 fully saturated rings. The zero-order valence-electron chi connectivity index (χ0n) is 15.5. The molecule has 3 amide bonds. The van der Waals surface area contributed by atoms with Crippen LogP contribution in [0, 0.1) is 6.92 Å². The van der Waals surface area contributed by atoms with Crippen LogP contribution in [0.3, 0.4) is 0 Å². The molecule has 2 rings (SSSR count). The molecule has 146 valence electrons. The van der Waals surface area contributed by atoms with Gasteiger partial charge < -0.3 is 10.1 Å². The number of esters is 1. The van der Waals surface area contributed by atoms with Crippen molar-refractivity contribution in [1.82, 2.24) is 10.2 Å². The predicted molar refractivity (Wildman–Crippen MR) is 102 cm³/mol. The van der Waals surface area contributed by atoms with Crippen LogP contribution in [0.1, 0.15) is 35.2 Å². The number of hydrogen-bond donors (Lipinski definition) is 1. The fraction of sp³-hybridized carbons (Fsp3) is 0.474. The zero-order valence-corrected chi connectivity index (χ0v) is 16.3. The van der Waals surface area contributed by atoms with Gasteiger partial charge in [-0.2, -0.15) is 11.8 Å². The molecular weight excluding hydrogens is 368 g/mol. The van der Waals surface area contributed by atoms with Crippen LogP contribution in [0.5, 0.6) is 0 Å². The monoisotopic (exact) mass is 392 g/mol. The second-order valence-electron chi connectivity index (χ2n) is 6.33. The van der Waals surface area contributed by atoms with Gasteiger partial charge in [0.2, 0.25) is 5.91 Å². The summed E-state index contributed by atoms with van der Waals surface area (Å²) >= 11 is 1.54. The van der Waals surface area contributed by atoms with Crippen LogP contribution >= 0.6 is 11.8 Å². The quantitative estimate of drug-likeness (QED) is 0.675. The van der Waals surface area contributed by atoms with Crippen LogP contribution in [0.25, 0.3) is 0 Å². The lowest BCUT2D eigenvalue weighted by Crippen LogP contribution is -2.44. The van der Waals surface area contributed by atoms with E-state index < -0.39 is 24.5 Å². The first-order chi connectivity index (χ1) is 12.9. The van der Waals surface area contributed by atoms with E-state index in [2.05, 4.69) is 5.32 Å². The Kier molecular flexibility index (Phi) is 7.84. The lowest BCUT2D eigenvalue weighted by Gasteiger charge is -2.19. The maximum atomic E-state index is 12.4. The number of carbonyl (C=O) groups is 4. The van der Waals surface area contributed by atoms with E-state index >= 15 is 0 Å². The number of nitrogens with one attached hydrogen (secondary N) is 1. The molecule has 1 aliphatic heterocycles. The van der Waals surface area contributed by atoms with Gasteiger partial charge in [-0.05, 0) is 43.9 Å². The first-order valence-electron chi connectivity index (χ1n) is 8.78. The third kappa shape index (κ3) is 6.09. The fourth-order valence-corrected chi connectivity index (χ4v) is 3.21. The Labute approximate surface area is 162 Å². The summed E-state index contributed by atoms with van der Waals surface area (Å²) in [5.41, 5.74) is 1.39. The Morgan fingerprint density at radius 3 is 2.74 bits per heavy atom. The van der Waals surface area contributed by atoms with Crippen molar-refractivity contribution in [2.45, 2.75) is 32.2 Å². The van der Waals surface area contributed by atoms with Crippen molar-refractivity contribution in [1.29, 1.82) is 0 Å². The number of nitrogens with zero attached hydrogens (tertiary/aromatic N) is 1. The standard InChI is InChI=1S/C19H24N2O5S/c1-13-5-3-6-14(11-13)18(24)20-15(8-10-27-2)19(25)26-12-17(23)21-9-4-7-16(21)22/h3,5-6,11,15H,4,7-10,12H2,1-2H3,(H,20,24)/t15-/m0/s1. The molecule has 8 heteroatoms. The van der Waals surface area contributed by atoms with Crippen LogP contribution in [-0.2, 0) is 19.1 Å². The SMILES string of the molecule is CSCC[C@H](NC(=O)c1cccc(C)c1)C(=O)OCC(=O)N1CCCC1=O. The van der Waals surface area contributed by atoms with Gasteiger partial charge in [0.25, 0.3) is 11.8 Å². The number of aryl methyl sites for hydroxylation is 1. The molecule has 1 aliphatic rings. The molecule has 1 saturated heterocycles. The van der Waals surface area contributed by atoms with E-state index in [1.807, 2.05) is 19.2 Å². The van der Waals surface area contributed by atoms with Crippen LogP contribution < -0.4 is 5.32 Å². The maximum absolute atomic E-state index is 12.4. The summed E-state index contributed by atoms with van der Waals surface area (Å²) in [6.07, 6.45) is 3.24. The van der Waals surface area contributed by atoms with Crippen molar-refractivity contribution in [3.63, 3.8) is 0 Å². The van der Waals surface area contributed by atoms with Crippen molar-refractivity contribution < 1.29 is 23.9 Å². The van der Waals surface area contributed by atoms with Crippen molar-refractivity contribution >= 4 is 35.5 Å². The summed E-state index contributed by atoms with van der Waals surface area (Å²) in [5.74, 6) is -1.18. The van der Waals surface area contributed by atoms with Gasteiger partial charge in [-0.25, -0.2) is 4.79 Å². The van der Waals surface area contributed by atoms with E-state index in [1.54, 1.807) is 18.2 Å². The molecule has 7 nitrogen and oxygen atoms in total. The van der Waals surface area contributed by atoms with Gasteiger partial charge in [-0.3, -0.25) is 19.3 Å². The van der Waals surface area contributed by atoms with Gasteiger partial charge in [-0.1, -0.05) is 17.7 Å². The van der Waals surface area contributed by atoms with Crippen molar-refractivity contribution in [2.24, 2.45) is 0 Å². The molecule has 27 heavy (non-hydrogen) atoms. The van der Waals surface area contributed by atoms with Gasteiger partial charge in [0.05, 0.1) is 0 Å². The zero-order chi connectivity index (χ0) is 19.8. The van der Waals surface area contributed by atoms with E-state index in [9.17, 15) is 19.2 Å². The predicted octanol–water partition coefficient (Wildman–Crippen LogP) is 1.54. The summed E-state index contributed by atoms with van der Waals surface area (Å²) in [4.78, 5) is 49.5. The lowest BCUT2D eigenvalue weighted by atomic mass is 10.1. The Hall–Kier alpha value is -2.35. The molecule has 0 bridgehead atoms. The maximum Gasteiger partial charge on any atom is 0.329 e. The largest absolute Gasteiger partial charge is 0.454 e. The van der Waals surface area contributed by atoms with E-state index in [-0.39, 0.29) is 11.8 Å². The third-order valence-electron chi connectivity index (χ3n) is 4.19. The average Bonchev–Trinajstić information content (AvgIpc) is 3.08. The number of hydrogen-bond acceptors (Lipinski definition) is 6. The molecule has 0 radical (unpaired) electrons. The number of carbonyl (C=O) groups excluding carboxylic acids is 4. The number of rotatable bonds is 8. The highest BCUT2D eigenvalue weighted by Gasteiger charge is 2.28. The molecule has 0 saturated carbocycles. The minimum absolute atomic E-state index is 0.247. The van der Waals surface area contributed by atoms with Gasteiger partial charge in [0.15, 0.2) is 6.61 Å². The molecule has 0 aromatic heterocycles. The molecule has 0 spiro atoms. The number of amides is 3. The summed E-state index contributed by atoms with van der Waals surface area (Å²) in [5, 5.41) is 2.68. The summed E-state index contributed by atoms with van der Waals surface area (Å²) < 4.78 is 5.08. The molecule has 0 unspecified atom stereocenters. The van der Waals surface area contributed by atoms with E-state index in [0.29, 0.717) is 37.1 Å². The van der Waals surface area contributed by atoms with Crippen molar-refractivity contribution in [3.8, 4) is 0 Å². The molecule has 1 aromatic rings. The van der Waals surface area contributed by atoms with Gasteiger partial charge in [0, 0.05) is 18.5 Å². The first-order valence-corrected chi connectivity index (χ1v) is 10.2. The number of benzene rings is 1. The van der Waals surface area contributed by atoms with Gasteiger partial charge in [-0.15, -0.1) is 0 Å². The smallest absolute Gasteiger partial charge is 0.329 e. The highest BCUT2D eigenvalue weighted by atomic mass is 32.2. The van der Waals surface area contributed by atoms with Gasteiger partial charge in [0.1, 0.15) is 6.04 Å². The van der Waals surface area contributed by atoms with E-state index in [1.165, 1.54) is 11.8 Å². The molecule has 0 aliphatic carbocycles. The minimum Gasteiger partial charge on any atom is -0.454 e. The van der Waals surface area contributed by atoms with Gasteiger partial charge >= 0.3 is 5.97 Å². The second kappa shape index (κ2) is 10.1. The molecule has 1 N–H and O–H groups in total. The van der Waals surface area contributed by atoms with Crippen LogP contribution in [0.2, 0.25) is 0 Å². The third-order valence-corrected chi connectivity index (χ3v) is 4.84. The topological polar surface area (TPSA) is 92.8 Å². The number of ether oxygens (including phenoxy) is 1. The molecule has 1 aromatic carbocycles. The minimum atomic E-state index is -0.854. The number of thioether (sulfide) groups is 1. The Morgan fingerprint density at radius 1 is 1.33 bits per heavy atom. The fourth-order valence-electron chi connectivity index (χ4n) is 2.74. The molecular formula is C19H24N2O5S. The number of imide groups is 1.